The Balaban J connectivity index is 2.11. The maximum atomic E-state index is 11.7. The number of aromatic carboxylic acids is 1. The highest BCUT2D eigenvalue weighted by Gasteiger charge is 2.11. The van der Waals surface area contributed by atoms with E-state index in [-0.39, 0.29) is 17.3 Å². The van der Waals surface area contributed by atoms with E-state index in [0.29, 0.717) is 5.69 Å². The van der Waals surface area contributed by atoms with Gasteiger partial charge in [-0.25, -0.2) is 4.79 Å². The van der Waals surface area contributed by atoms with E-state index in [1.54, 1.807) is 6.92 Å². The molecule has 0 saturated heterocycles. The zero-order chi connectivity index (χ0) is 13.1. The number of anilines is 1. The summed E-state index contributed by atoms with van der Waals surface area (Å²) < 4.78 is 4.95. The van der Waals surface area contributed by atoms with Crippen molar-refractivity contribution in [2.45, 2.75) is 6.92 Å². The van der Waals surface area contributed by atoms with Crippen molar-refractivity contribution >= 4 is 17.9 Å². The standard InChI is InChI=1S/C11H9N3O4/c1-6-5-18-11(13-6)14-9(15)8-3-2-7(4-12-8)10(16)17/h2-5H,1H3,(H,16,17)(H,13,14,15). The van der Waals surface area contributed by atoms with Gasteiger partial charge >= 0.3 is 12.0 Å². The molecule has 0 atom stereocenters. The number of nitrogens with zero attached hydrogens (tertiary/aromatic N) is 2. The second-order valence-electron chi connectivity index (χ2n) is 3.49. The van der Waals surface area contributed by atoms with Gasteiger partial charge in [0.25, 0.3) is 5.91 Å². The minimum atomic E-state index is -1.10. The van der Waals surface area contributed by atoms with Crippen LogP contribution in [0.1, 0.15) is 26.5 Å². The summed E-state index contributed by atoms with van der Waals surface area (Å²) in [7, 11) is 0. The summed E-state index contributed by atoms with van der Waals surface area (Å²) in [5, 5.41) is 11.1. The van der Waals surface area contributed by atoms with E-state index in [1.165, 1.54) is 18.4 Å². The minimum absolute atomic E-state index is 0.0125. The Morgan fingerprint density at radius 2 is 2.17 bits per heavy atom. The van der Waals surface area contributed by atoms with Crippen molar-refractivity contribution in [1.82, 2.24) is 9.97 Å². The van der Waals surface area contributed by atoms with Gasteiger partial charge in [0.1, 0.15) is 12.0 Å². The predicted molar refractivity (Wildman–Crippen MR) is 60.4 cm³/mol. The molecule has 92 valence electrons. The molecule has 0 aliphatic heterocycles. The maximum Gasteiger partial charge on any atom is 0.337 e. The number of carboxylic acid groups (broad SMARTS) is 1. The van der Waals surface area contributed by atoms with Crippen LogP contribution >= 0.6 is 0 Å². The van der Waals surface area contributed by atoms with Crippen molar-refractivity contribution in [2.75, 3.05) is 5.32 Å². The lowest BCUT2D eigenvalue weighted by molar-refractivity contribution is 0.0695. The molecule has 0 unspecified atom stereocenters. The van der Waals surface area contributed by atoms with E-state index in [2.05, 4.69) is 15.3 Å². The monoisotopic (exact) mass is 247 g/mol. The first kappa shape index (κ1) is 11.8. The number of aryl methyl sites for hydroxylation is 1. The number of hydrogen-bond acceptors (Lipinski definition) is 5. The molecule has 2 aromatic heterocycles. The molecule has 1 amide bonds. The molecule has 0 bridgehead atoms. The molecule has 0 fully saturated rings. The number of carbonyl (C=O) groups excluding carboxylic acids is 1. The molecule has 0 aliphatic rings. The van der Waals surface area contributed by atoms with Gasteiger partial charge in [-0.2, -0.15) is 4.98 Å². The number of aromatic nitrogens is 2. The highest BCUT2D eigenvalue weighted by atomic mass is 16.4. The number of hydrogen-bond donors (Lipinski definition) is 2. The van der Waals surface area contributed by atoms with Crippen molar-refractivity contribution in [3.63, 3.8) is 0 Å². The lowest BCUT2D eigenvalue weighted by Crippen LogP contribution is -2.14. The molecule has 0 aromatic carbocycles. The van der Waals surface area contributed by atoms with E-state index < -0.39 is 11.9 Å². The summed E-state index contributed by atoms with van der Waals surface area (Å²) in [6.07, 6.45) is 2.51. The van der Waals surface area contributed by atoms with Gasteiger partial charge in [0.2, 0.25) is 0 Å². The number of oxazole rings is 1. The average molecular weight is 247 g/mol. The Hall–Kier alpha value is -2.70. The van der Waals surface area contributed by atoms with Crippen molar-refractivity contribution in [1.29, 1.82) is 0 Å². The third-order valence-electron chi connectivity index (χ3n) is 2.08. The SMILES string of the molecule is Cc1coc(NC(=O)c2ccc(C(=O)O)cn2)n1. The third kappa shape index (κ3) is 2.51. The van der Waals surface area contributed by atoms with Gasteiger partial charge in [-0.05, 0) is 19.1 Å². The van der Waals surface area contributed by atoms with E-state index in [0.717, 1.165) is 6.20 Å². The second-order valence-corrected chi connectivity index (χ2v) is 3.49. The first-order valence-electron chi connectivity index (χ1n) is 4.99. The number of carbonyl (C=O) groups is 2. The largest absolute Gasteiger partial charge is 0.478 e. The van der Waals surface area contributed by atoms with Crippen LogP contribution in [-0.4, -0.2) is 27.0 Å². The lowest BCUT2D eigenvalue weighted by atomic mass is 10.2. The van der Waals surface area contributed by atoms with Gasteiger partial charge in [0.15, 0.2) is 0 Å². The summed E-state index contributed by atoms with van der Waals surface area (Å²) in [4.78, 5) is 29.9. The average Bonchev–Trinajstić information content (AvgIpc) is 2.75. The van der Waals surface area contributed by atoms with E-state index in [1.807, 2.05) is 0 Å². The lowest BCUT2D eigenvalue weighted by Gasteiger charge is -2.00. The van der Waals surface area contributed by atoms with E-state index in [9.17, 15) is 9.59 Å². The highest BCUT2D eigenvalue weighted by Crippen LogP contribution is 2.08. The van der Waals surface area contributed by atoms with Crippen LogP contribution in [0.5, 0.6) is 0 Å². The van der Waals surface area contributed by atoms with Crippen molar-refractivity contribution in [2.24, 2.45) is 0 Å². The molecule has 0 spiro atoms. The van der Waals surface area contributed by atoms with Crippen LogP contribution in [0.25, 0.3) is 0 Å². The molecular weight excluding hydrogens is 238 g/mol. The number of carboxylic acids is 1. The van der Waals surface area contributed by atoms with Crippen LogP contribution in [0.2, 0.25) is 0 Å². The summed E-state index contributed by atoms with van der Waals surface area (Å²) in [5.74, 6) is -1.62. The molecule has 7 nitrogen and oxygen atoms in total. The molecule has 2 rings (SSSR count). The fraction of sp³-hybridized carbons (Fsp3) is 0.0909. The highest BCUT2D eigenvalue weighted by molar-refractivity contribution is 6.02. The van der Waals surface area contributed by atoms with Gasteiger partial charge in [0, 0.05) is 6.20 Å². The summed E-state index contributed by atoms with van der Waals surface area (Å²) in [5.41, 5.74) is 0.730. The third-order valence-corrected chi connectivity index (χ3v) is 2.08. The van der Waals surface area contributed by atoms with Crippen LogP contribution in [0.15, 0.2) is 29.0 Å². The zero-order valence-electron chi connectivity index (χ0n) is 9.38. The normalized spacial score (nSPS) is 10.1. The minimum Gasteiger partial charge on any atom is -0.478 e. The van der Waals surface area contributed by atoms with Crippen molar-refractivity contribution < 1.29 is 19.1 Å². The van der Waals surface area contributed by atoms with Crippen LogP contribution in [0.4, 0.5) is 6.01 Å². The molecule has 0 radical (unpaired) electrons. The Morgan fingerprint density at radius 3 is 2.67 bits per heavy atom. The molecule has 2 N–H and O–H groups in total. The molecule has 0 saturated carbocycles. The van der Waals surface area contributed by atoms with Crippen molar-refractivity contribution in [3.8, 4) is 0 Å². The molecule has 18 heavy (non-hydrogen) atoms. The molecule has 7 heteroatoms. The van der Waals surface area contributed by atoms with Crippen LogP contribution in [0, 0.1) is 6.92 Å². The van der Waals surface area contributed by atoms with Crippen molar-refractivity contribution in [3.05, 3.63) is 41.5 Å². The fourth-order valence-corrected chi connectivity index (χ4v) is 1.23. The summed E-state index contributed by atoms with van der Waals surface area (Å²) in [6.45, 7) is 1.72. The molecular formula is C11H9N3O4. The maximum absolute atomic E-state index is 11.7. The fourth-order valence-electron chi connectivity index (χ4n) is 1.23. The predicted octanol–water partition coefficient (Wildman–Crippen LogP) is 1.33. The Kier molecular flexibility index (Phi) is 3.05. The quantitative estimate of drug-likeness (QED) is 0.847. The topological polar surface area (TPSA) is 105 Å². The number of amides is 1. The second kappa shape index (κ2) is 4.66. The Morgan fingerprint density at radius 1 is 1.39 bits per heavy atom. The van der Waals surface area contributed by atoms with E-state index in [4.69, 9.17) is 9.52 Å². The van der Waals surface area contributed by atoms with E-state index >= 15 is 0 Å². The van der Waals surface area contributed by atoms with Gasteiger partial charge < -0.3 is 9.52 Å². The number of nitrogens with one attached hydrogen (secondary N) is 1. The molecule has 2 aromatic rings. The Bertz CT molecular complexity index is 589. The van der Waals surface area contributed by atoms with Gasteiger partial charge in [-0.3, -0.25) is 15.1 Å². The van der Waals surface area contributed by atoms with Gasteiger partial charge in [-0.15, -0.1) is 0 Å². The summed E-state index contributed by atoms with van der Waals surface area (Å²) >= 11 is 0. The Labute approximate surface area is 101 Å². The van der Waals surface area contributed by atoms with Gasteiger partial charge in [-0.1, -0.05) is 0 Å². The number of rotatable bonds is 3. The van der Waals surface area contributed by atoms with Gasteiger partial charge in [0.05, 0.1) is 11.3 Å². The first-order valence-corrected chi connectivity index (χ1v) is 4.99. The van der Waals surface area contributed by atoms with Crippen LogP contribution in [0.3, 0.4) is 0 Å². The smallest absolute Gasteiger partial charge is 0.337 e. The molecule has 2 heterocycles. The summed E-state index contributed by atoms with van der Waals surface area (Å²) in [6, 6.07) is 2.68. The zero-order valence-corrected chi connectivity index (χ0v) is 9.38. The first-order chi connectivity index (χ1) is 8.56. The number of pyridine rings is 1. The van der Waals surface area contributed by atoms with Crippen LogP contribution < -0.4 is 5.32 Å². The van der Waals surface area contributed by atoms with Crippen LogP contribution in [-0.2, 0) is 0 Å². The molecule has 0 aliphatic carbocycles.